The van der Waals surface area contributed by atoms with Gasteiger partial charge in [-0.15, -0.1) is 0 Å². The summed E-state index contributed by atoms with van der Waals surface area (Å²) >= 11 is 0. The molecule has 1 amide bonds. The first-order valence-electron chi connectivity index (χ1n) is 8.12. The molecule has 1 aliphatic heterocycles. The number of alkyl halides is 3. The summed E-state index contributed by atoms with van der Waals surface area (Å²) in [6, 6.07) is 6.76. The molecule has 0 radical (unpaired) electrons. The van der Waals surface area contributed by atoms with Gasteiger partial charge in [0.25, 0.3) is 11.6 Å². The molecule has 2 aliphatic rings. The number of hydrogen-bond acceptors (Lipinski definition) is 4. The number of carbonyl (C=O) groups excluding carboxylic acids is 1. The van der Waals surface area contributed by atoms with E-state index in [9.17, 15) is 23.1 Å². The topological polar surface area (TPSA) is 62.1 Å². The Morgan fingerprint density at radius 2 is 2.04 bits per heavy atom. The van der Waals surface area contributed by atoms with Crippen molar-refractivity contribution >= 4 is 11.6 Å². The predicted octanol–water partition coefficient (Wildman–Crippen LogP) is 3.01. The van der Waals surface area contributed by atoms with E-state index in [0.29, 0.717) is 25.0 Å². The van der Waals surface area contributed by atoms with Crippen LogP contribution in [0.2, 0.25) is 0 Å². The van der Waals surface area contributed by atoms with Crippen molar-refractivity contribution in [2.75, 3.05) is 6.61 Å². The number of ether oxygens (including phenoxy) is 1. The molecule has 2 atom stereocenters. The van der Waals surface area contributed by atoms with Crippen LogP contribution in [-0.4, -0.2) is 40.2 Å². The number of rotatable bonds is 3. The molecule has 25 heavy (non-hydrogen) atoms. The fraction of sp³-hybridized carbons (Fsp3) is 0.529. The van der Waals surface area contributed by atoms with E-state index < -0.39 is 30.3 Å². The Balaban J connectivity index is 1.79. The maximum absolute atomic E-state index is 13.6. The molecular weight excluding hydrogens is 337 g/mol. The lowest BCUT2D eigenvalue weighted by molar-refractivity contribution is -0.317. The lowest BCUT2D eigenvalue weighted by Crippen LogP contribution is -2.62. The molecule has 0 spiro atoms. The van der Waals surface area contributed by atoms with E-state index in [4.69, 9.17) is 4.74 Å². The van der Waals surface area contributed by atoms with Crippen LogP contribution in [0, 0.1) is 12.8 Å². The van der Waals surface area contributed by atoms with Gasteiger partial charge in [-0.2, -0.15) is 23.3 Å². The van der Waals surface area contributed by atoms with Crippen LogP contribution in [0.3, 0.4) is 0 Å². The Hall–Kier alpha value is -2.09. The number of carbonyl (C=O) groups is 1. The molecule has 5 nitrogen and oxygen atoms in total. The zero-order valence-corrected chi connectivity index (χ0v) is 13.7. The first kappa shape index (κ1) is 17.7. The largest absolute Gasteiger partial charge is 0.484 e. The molecule has 0 saturated heterocycles. The van der Waals surface area contributed by atoms with Crippen LogP contribution in [0.15, 0.2) is 29.4 Å². The van der Waals surface area contributed by atoms with Gasteiger partial charge in [-0.25, -0.2) is 0 Å². The molecule has 136 valence electrons. The summed E-state index contributed by atoms with van der Waals surface area (Å²) in [4.78, 5) is 12.3. The van der Waals surface area contributed by atoms with Crippen molar-refractivity contribution in [1.29, 1.82) is 0 Å². The SMILES string of the molecule is Cc1ccc(OCC(=O)N2N=C3CCCC[C@H]3[C@]2(O)C(F)(F)F)cc1. The molecule has 0 unspecified atom stereocenters. The van der Waals surface area contributed by atoms with E-state index in [1.54, 1.807) is 24.3 Å². The highest BCUT2D eigenvalue weighted by Crippen LogP contribution is 2.48. The second kappa shape index (κ2) is 6.33. The highest BCUT2D eigenvalue weighted by molar-refractivity contribution is 5.93. The number of halogens is 3. The summed E-state index contributed by atoms with van der Waals surface area (Å²) in [5.41, 5.74) is -2.08. The van der Waals surface area contributed by atoms with Crippen molar-refractivity contribution in [2.45, 2.75) is 44.5 Å². The number of hydrogen-bond donors (Lipinski definition) is 1. The average molecular weight is 356 g/mol. The zero-order valence-electron chi connectivity index (χ0n) is 13.7. The summed E-state index contributed by atoms with van der Waals surface area (Å²) in [5.74, 6) is -1.87. The summed E-state index contributed by atoms with van der Waals surface area (Å²) in [7, 11) is 0. The van der Waals surface area contributed by atoms with Gasteiger partial charge in [0.2, 0.25) is 0 Å². The van der Waals surface area contributed by atoms with Crippen molar-refractivity contribution in [3.8, 4) is 5.75 Å². The summed E-state index contributed by atoms with van der Waals surface area (Å²) in [6.07, 6.45) is -3.24. The van der Waals surface area contributed by atoms with Gasteiger partial charge in [0.1, 0.15) is 5.75 Å². The minimum absolute atomic E-state index is 0.150. The second-order valence-corrected chi connectivity index (χ2v) is 6.42. The van der Waals surface area contributed by atoms with Gasteiger partial charge >= 0.3 is 6.18 Å². The van der Waals surface area contributed by atoms with Crippen LogP contribution in [-0.2, 0) is 4.79 Å². The van der Waals surface area contributed by atoms with Gasteiger partial charge in [0.15, 0.2) is 6.61 Å². The Kier molecular flexibility index (Phi) is 4.49. The molecule has 1 fully saturated rings. The van der Waals surface area contributed by atoms with Crippen molar-refractivity contribution < 1.29 is 27.8 Å². The molecule has 0 bridgehead atoms. The minimum atomic E-state index is -5.00. The lowest BCUT2D eigenvalue weighted by atomic mass is 9.80. The zero-order chi connectivity index (χ0) is 18.2. The standard InChI is InChI=1S/C17H19F3N2O3/c1-11-6-8-12(9-7-11)25-10-15(23)22-16(24,17(18,19)20)13-4-2-3-5-14(13)21-22/h6-9,13,24H,2-5,10H2,1H3/t13-,16+/m1/s1. The molecular formula is C17H19F3N2O3. The third-order valence-corrected chi connectivity index (χ3v) is 4.65. The van der Waals surface area contributed by atoms with E-state index in [-0.39, 0.29) is 17.1 Å². The number of aryl methyl sites for hydroxylation is 1. The second-order valence-electron chi connectivity index (χ2n) is 6.42. The quantitative estimate of drug-likeness (QED) is 0.906. The molecule has 1 N–H and O–H groups in total. The smallest absolute Gasteiger partial charge is 0.439 e. The Bertz CT molecular complexity index is 687. The Morgan fingerprint density at radius 3 is 2.68 bits per heavy atom. The van der Waals surface area contributed by atoms with Gasteiger partial charge in [0.05, 0.1) is 5.92 Å². The summed E-state index contributed by atoms with van der Waals surface area (Å²) < 4.78 is 46.0. The molecule has 1 aromatic rings. The van der Waals surface area contributed by atoms with Gasteiger partial charge in [-0.1, -0.05) is 24.1 Å². The van der Waals surface area contributed by atoms with E-state index in [1.165, 1.54) is 0 Å². The lowest BCUT2D eigenvalue weighted by Gasteiger charge is -2.38. The third kappa shape index (κ3) is 3.10. The van der Waals surface area contributed by atoms with Crippen molar-refractivity contribution in [3.63, 3.8) is 0 Å². The van der Waals surface area contributed by atoms with Crippen molar-refractivity contribution in [2.24, 2.45) is 11.0 Å². The van der Waals surface area contributed by atoms with Gasteiger partial charge in [-0.3, -0.25) is 4.79 Å². The van der Waals surface area contributed by atoms with Crippen LogP contribution in [0.1, 0.15) is 31.2 Å². The van der Waals surface area contributed by atoms with Crippen LogP contribution in [0.4, 0.5) is 13.2 Å². The van der Waals surface area contributed by atoms with E-state index in [2.05, 4.69) is 5.10 Å². The predicted molar refractivity (Wildman–Crippen MR) is 83.9 cm³/mol. The number of amides is 1. The Morgan fingerprint density at radius 1 is 1.36 bits per heavy atom. The normalized spacial score (nSPS) is 26.2. The maximum atomic E-state index is 13.6. The summed E-state index contributed by atoms with van der Waals surface area (Å²) in [5, 5.41) is 14.4. The van der Waals surface area contributed by atoms with Crippen LogP contribution in [0.5, 0.6) is 5.75 Å². The van der Waals surface area contributed by atoms with E-state index in [0.717, 1.165) is 5.56 Å². The first-order chi connectivity index (χ1) is 11.7. The number of hydrazone groups is 1. The number of nitrogens with zero attached hydrogens (tertiary/aromatic N) is 2. The molecule has 1 saturated carbocycles. The highest BCUT2D eigenvalue weighted by Gasteiger charge is 2.68. The monoisotopic (exact) mass is 356 g/mol. The Labute approximate surface area is 143 Å². The average Bonchev–Trinajstić information content (AvgIpc) is 2.89. The van der Waals surface area contributed by atoms with Crippen LogP contribution in [0.25, 0.3) is 0 Å². The number of aliphatic hydroxyl groups is 1. The van der Waals surface area contributed by atoms with E-state index in [1.807, 2.05) is 6.92 Å². The van der Waals surface area contributed by atoms with E-state index >= 15 is 0 Å². The highest BCUT2D eigenvalue weighted by atomic mass is 19.4. The molecule has 1 aromatic carbocycles. The molecule has 0 aromatic heterocycles. The fourth-order valence-electron chi connectivity index (χ4n) is 3.31. The van der Waals surface area contributed by atoms with Crippen LogP contribution < -0.4 is 4.74 Å². The number of fused-ring (bicyclic) bond motifs is 1. The first-order valence-corrected chi connectivity index (χ1v) is 8.12. The molecule has 1 aliphatic carbocycles. The third-order valence-electron chi connectivity index (χ3n) is 4.65. The van der Waals surface area contributed by atoms with Gasteiger partial charge < -0.3 is 9.84 Å². The van der Waals surface area contributed by atoms with Crippen molar-refractivity contribution in [1.82, 2.24) is 5.01 Å². The molecule has 1 heterocycles. The number of benzene rings is 1. The van der Waals surface area contributed by atoms with Crippen molar-refractivity contribution in [3.05, 3.63) is 29.8 Å². The minimum Gasteiger partial charge on any atom is -0.484 e. The van der Waals surface area contributed by atoms with Crippen LogP contribution >= 0.6 is 0 Å². The van der Waals surface area contributed by atoms with Gasteiger partial charge in [0, 0.05) is 5.71 Å². The molecule has 3 rings (SSSR count). The maximum Gasteiger partial charge on any atom is 0.439 e. The van der Waals surface area contributed by atoms with Gasteiger partial charge in [-0.05, 0) is 38.3 Å². The summed E-state index contributed by atoms with van der Waals surface area (Å²) in [6.45, 7) is 1.24. The fourth-order valence-corrected chi connectivity index (χ4v) is 3.31. The molecule has 8 heteroatoms.